The number of methoxy groups -OCH3 is 1. The molecule has 9 nitrogen and oxygen atoms in total. The number of rotatable bonds is 6. The third-order valence-corrected chi connectivity index (χ3v) is 7.70. The minimum absolute atomic E-state index is 0.0116. The second kappa shape index (κ2) is 12.2. The van der Waals surface area contributed by atoms with Gasteiger partial charge in [-0.15, -0.1) is 0 Å². The Hall–Kier alpha value is -4.05. The van der Waals surface area contributed by atoms with Gasteiger partial charge in [-0.05, 0) is 35.4 Å². The molecule has 1 amide bonds. The zero-order chi connectivity index (χ0) is 29.1. The summed E-state index contributed by atoms with van der Waals surface area (Å²) in [4.78, 5) is 29.7. The van der Waals surface area contributed by atoms with E-state index >= 15 is 0 Å². The van der Waals surface area contributed by atoms with Gasteiger partial charge in [0.25, 0.3) is 5.91 Å². The molecule has 5 rings (SSSR count). The van der Waals surface area contributed by atoms with Gasteiger partial charge >= 0.3 is 5.97 Å². The van der Waals surface area contributed by atoms with E-state index in [9.17, 15) is 9.59 Å². The second-order valence-electron chi connectivity index (χ2n) is 9.47. The number of halogens is 2. The molecule has 0 spiro atoms. The van der Waals surface area contributed by atoms with Gasteiger partial charge in [-0.2, -0.15) is 0 Å². The van der Waals surface area contributed by atoms with Crippen LogP contribution in [-0.4, -0.2) is 63.1 Å². The summed E-state index contributed by atoms with van der Waals surface area (Å²) in [5.74, 6) is -0.128. The average Bonchev–Trinajstić information content (AvgIpc) is 3.00. The van der Waals surface area contributed by atoms with E-state index in [1.807, 2.05) is 30.3 Å². The average molecular weight is 595 g/mol. The van der Waals surface area contributed by atoms with Crippen LogP contribution in [0.4, 0.5) is 5.69 Å². The molecule has 3 N–H and O–H groups in total. The first-order valence-corrected chi connectivity index (χ1v) is 13.6. The van der Waals surface area contributed by atoms with E-state index < -0.39 is 5.97 Å². The third kappa shape index (κ3) is 5.61. The van der Waals surface area contributed by atoms with Crippen molar-refractivity contribution in [3.8, 4) is 16.9 Å². The first-order valence-electron chi connectivity index (χ1n) is 12.9. The number of morpholine rings is 1. The number of carbonyl (C=O) groups is 2. The zero-order valence-electron chi connectivity index (χ0n) is 22.3. The minimum atomic E-state index is -0.406. The van der Waals surface area contributed by atoms with Crippen molar-refractivity contribution >= 4 is 52.6 Å². The van der Waals surface area contributed by atoms with Crippen molar-refractivity contribution in [3.63, 3.8) is 0 Å². The lowest BCUT2D eigenvalue weighted by Gasteiger charge is -2.32. The molecule has 41 heavy (non-hydrogen) atoms. The van der Waals surface area contributed by atoms with Crippen molar-refractivity contribution in [1.29, 1.82) is 5.41 Å². The van der Waals surface area contributed by atoms with Crippen molar-refractivity contribution < 1.29 is 23.8 Å². The Morgan fingerprint density at radius 3 is 2.46 bits per heavy atom. The molecule has 1 saturated heterocycles. The number of hydrogen-bond donors (Lipinski definition) is 2. The number of benzene rings is 3. The number of nitrogens with two attached hydrogens (primary N) is 1. The predicted molar refractivity (Wildman–Crippen MR) is 159 cm³/mol. The standard InChI is InChI=1S/C30H28Cl2N4O5/c1-39-30(38)23-6-5-18(13-26(23)35-7-9-40-10-8-35)22-4-2-3-19-16-36(17-41-28(19)22)29(37)27-24(31)11-20(12-25(27)32)21(14-33)15-34/h2-6,11-15,33H,7-10,16-17,34H2,1H3/b21-15+,33-14?. The highest BCUT2D eigenvalue weighted by Crippen LogP contribution is 2.40. The largest absolute Gasteiger partial charge is 0.472 e. The highest BCUT2D eigenvalue weighted by atomic mass is 35.5. The van der Waals surface area contributed by atoms with E-state index in [4.69, 9.17) is 48.6 Å². The molecule has 0 atom stereocenters. The van der Waals surface area contributed by atoms with Crippen LogP contribution in [0, 0.1) is 5.41 Å². The number of para-hydroxylation sites is 1. The Labute approximate surface area is 247 Å². The van der Waals surface area contributed by atoms with Crippen LogP contribution < -0.4 is 15.4 Å². The number of esters is 1. The van der Waals surface area contributed by atoms with Gasteiger partial charge in [0, 0.05) is 42.2 Å². The normalized spacial score (nSPS) is 15.1. The quantitative estimate of drug-likeness (QED) is 0.296. The van der Waals surface area contributed by atoms with E-state index in [2.05, 4.69) is 4.90 Å². The number of anilines is 1. The summed E-state index contributed by atoms with van der Waals surface area (Å²) in [5, 5.41) is 7.81. The topological polar surface area (TPSA) is 118 Å². The fourth-order valence-corrected chi connectivity index (χ4v) is 5.66. The first kappa shape index (κ1) is 28.5. The monoisotopic (exact) mass is 594 g/mol. The van der Waals surface area contributed by atoms with Crippen LogP contribution in [0.2, 0.25) is 10.0 Å². The summed E-state index contributed by atoms with van der Waals surface area (Å²) in [6.45, 7) is 2.73. The van der Waals surface area contributed by atoms with Crippen molar-refractivity contribution in [3.05, 3.63) is 87.0 Å². The number of carbonyl (C=O) groups excluding carboxylic acids is 2. The molecular weight excluding hydrogens is 567 g/mol. The van der Waals surface area contributed by atoms with E-state index in [-0.39, 0.29) is 34.8 Å². The van der Waals surface area contributed by atoms with Crippen LogP contribution in [0.15, 0.2) is 54.7 Å². The van der Waals surface area contributed by atoms with Crippen LogP contribution in [-0.2, 0) is 16.0 Å². The molecule has 0 unspecified atom stereocenters. The number of nitrogens with zero attached hydrogens (tertiary/aromatic N) is 2. The molecular formula is C30H28Cl2N4O5. The lowest BCUT2D eigenvalue weighted by Crippen LogP contribution is -2.37. The van der Waals surface area contributed by atoms with E-state index in [1.165, 1.54) is 18.2 Å². The van der Waals surface area contributed by atoms with Crippen LogP contribution in [0.3, 0.4) is 0 Å². The van der Waals surface area contributed by atoms with Crippen LogP contribution >= 0.6 is 23.2 Å². The van der Waals surface area contributed by atoms with Gasteiger partial charge in [0.05, 0.1) is 53.7 Å². The summed E-state index contributed by atoms with van der Waals surface area (Å²) >= 11 is 13.0. The summed E-state index contributed by atoms with van der Waals surface area (Å²) in [7, 11) is 1.37. The maximum atomic E-state index is 13.5. The van der Waals surface area contributed by atoms with E-state index in [0.717, 1.165) is 28.6 Å². The Morgan fingerprint density at radius 1 is 1.07 bits per heavy atom. The molecule has 3 aromatic rings. The van der Waals surface area contributed by atoms with Crippen molar-refractivity contribution in [2.75, 3.05) is 45.0 Å². The second-order valence-corrected chi connectivity index (χ2v) is 10.3. The van der Waals surface area contributed by atoms with Gasteiger partial charge in [0.1, 0.15) is 5.75 Å². The minimum Gasteiger partial charge on any atom is -0.472 e. The molecule has 0 aromatic heterocycles. The van der Waals surface area contributed by atoms with Gasteiger partial charge in [0.2, 0.25) is 0 Å². The molecule has 0 radical (unpaired) electrons. The summed E-state index contributed by atoms with van der Waals surface area (Å²) in [6, 6.07) is 14.5. The number of fused-ring (bicyclic) bond motifs is 1. The maximum Gasteiger partial charge on any atom is 0.339 e. The van der Waals surface area contributed by atoms with Gasteiger partial charge in [-0.3, -0.25) is 4.79 Å². The molecule has 1 fully saturated rings. The van der Waals surface area contributed by atoms with Crippen molar-refractivity contribution in [2.45, 2.75) is 6.54 Å². The molecule has 0 aliphatic carbocycles. The SMILES string of the molecule is COC(=O)c1ccc(-c2cccc3c2OCN(C(=O)c2c(Cl)cc(/C(C=N)=C/N)cc2Cl)C3)cc1N1CCOCC1. The highest BCUT2D eigenvalue weighted by molar-refractivity contribution is 6.40. The molecule has 2 aliphatic heterocycles. The Bertz CT molecular complexity index is 1530. The van der Waals surface area contributed by atoms with Crippen LogP contribution in [0.5, 0.6) is 5.75 Å². The highest BCUT2D eigenvalue weighted by Gasteiger charge is 2.29. The van der Waals surface area contributed by atoms with Crippen molar-refractivity contribution in [1.82, 2.24) is 4.90 Å². The number of ether oxygens (including phenoxy) is 3. The fraction of sp³-hybridized carbons (Fsp3) is 0.233. The number of nitrogens with one attached hydrogen (secondary N) is 1. The van der Waals surface area contributed by atoms with Gasteiger partial charge < -0.3 is 35.2 Å². The molecule has 11 heteroatoms. The summed E-state index contributed by atoms with van der Waals surface area (Å²) < 4.78 is 16.7. The zero-order valence-corrected chi connectivity index (χ0v) is 23.8. The molecule has 0 saturated carbocycles. The summed E-state index contributed by atoms with van der Waals surface area (Å²) in [6.07, 6.45) is 2.36. The Balaban J connectivity index is 1.45. The van der Waals surface area contributed by atoms with E-state index in [0.29, 0.717) is 48.8 Å². The molecule has 0 bridgehead atoms. The van der Waals surface area contributed by atoms with E-state index in [1.54, 1.807) is 18.2 Å². The number of allylic oxidation sites excluding steroid dienone is 1. The molecule has 3 aromatic carbocycles. The van der Waals surface area contributed by atoms with Gasteiger partial charge in [0.15, 0.2) is 6.73 Å². The Morgan fingerprint density at radius 2 is 1.80 bits per heavy atom. The van der Waals surface area contributed by atoms with Crippen LogP contribution in [0.1, 0.15) is 31.8 Å². The first-order chi connectivity index (χ1) is 19.9. The molecule has 212 valence electrons. The van der Waals surface area contributed by atoms with Crippen molar-refractivity contribution in [2.24, 2.45) is 5.73 Å². The number of hydrogen-bond acceptors (Lipinski definition) is 8. The smallest absolute Gasteiger partial charge is 0.339 e. The molecule has 2 heterocycles. The fourth-order valence-electron chi connectivity index (χ4n) is 5.01. The number of amides is 1. The molecule has 2 aliphatic rings. The Kier molecular flexibility index (Phi) is 8.49. The summed E-state index contributed by atoms with van der Waals surface area (Å²) in [5.41, 5.74) is 10.5. The third-order valence-electron chi connectivity index (χ3n) is 7.10. The lowest BCUT2D eigenvalue weighted by molar-refractivity contribution is 0.0515. The lowest BCUT2D eigenvalue weighted by atomic mass is 9.97. The predicted octanol–water partition coefficient (Wildman–Crippen LogP) is 5.23. The van der Waals surface area contributed by atoms with Crippen LogP contribution in [0.25, 0.3) is 16.7 Å². The maximum absolute atomic E-state index is 13.5. The van der Waals surface area contributed by atoms with Gasteiger partial charge in [-0.1, -0.05) is 47.5 Å². The van der Waals surface area contributed by atoms with Gasteiger partial charge in [-0.25, -0.2) is 4.79 Å².